The second kappa shape index (κ2) is 6.48. The van der Waals surface area contributed by atoms with Crippen molar-refractivity contribution in [2.75, 3.05) is 26.3 Å². The van der Waals surface area contributed by atoms with Gasteiger partial charge in [-0.05, 0) is 12.3 Å². The highest BCUT2D eigenvalue weighted by atomic mass is 16.5. The van der Waals surface area contributed by atoms with E-state index in [-0.39, 0.29) is 11.9 Å². The first-order valence-electron chi connectivity index (χ1n) is 5.76. The minimum Gasteiger partial charge on any atom is -0.381 e. The Morgan fingerprint density at radius 2 is 2.19 bits per heavy atom. The molecule has 5 nitrogen and oxygen atoms in total. The topological polar surface area (TPSA) is 58.6 Å². The third-order valence-corrected chi connectivity index (χ3v) is 2.31. The average molecular weight is 228 g/mol. The summed E-state index contributed by atoms with van der Waals surface area (Å²) in [6, 6.07) is -0.278. The Kier molecular flexibility index (Phi) is 5.25. The van der Waals surface area contributed by atoms with Gasteiger partial charge in [0.1, 0.15) is 0 Å². The predicted molar refractivity (Wildman–Crippen MR) is 60.0 cm³/mol. The van der Waals surface area contributed by atoms with Crippen LogP contribution in [-0.2, 0) is 9.53 Å². The quantitative estimate of drug-likeness (QED) is 0.690. The molecule has 1 fully saturated rings. The molecule has 1 aliphatic heterocycles. The normalized spacial score (nSPS) is 16.8. The van der Waals surface area contributed by atoms with Crippen LogP contribution >= 0.6 is 0 Å². The van der Waals surface area contributed by atoms with E-state index in [1.165, 1.54) is 0 Å². The third kappa shape index (κ3) is 4.61. The first kappa shape index (κ1) is 13.0. The van der Waals surface area contributed by atoms with Gasteiger partial charge in [-0.3, -0.25) is 10.1 Å². The van der Waals surface area contributed by atoms with Crippen LogP contribution in [-0.4, -0.2) is 43.1 Å². The largest absolute Gasteiger partial charge is 0.381 e. The number of imide groups is 1. The van der Waals surface area contributed by atoms with Crippen LogP contribution < -0.4 is 5.32 Å². The molecule has 0 aliphatic carbocycles. The molecule has 0 saturated carbocycles. The highest BCUT2D eigenvalue weighted by molar-refractivity contribution is 5.96. The minimum atomic E-state index is -0.278. The van der Waals surface area contributed by atoms with Gasteiger partial charge in [-0.15, -0.1) is 0 Å². The molecular weight excluding hydrogens is 208 g/mol. The zero-order valence-electron chi connectivity index (χ0n) is 9.99. The molecule has 92 valence electrons. The van der Waals surface area contributed by atoms with Gasteiger partial charge in [-0.2, -0.15) is 0 Å². The summed E-state index contributed by atoms with van der Waals surface area (Å²) in [5.41, 5.74) is 0. The Morgan fingerprint density at radius 3 is 2.81 bits per heavy atom. The van der Waals surface area contributed by atoms with Crippen LogP contribution in [0.3, 0.4) is 0 Å². The summed E-state index contributed by atoms with van der Waals surface area (Å²) < 4.78 is 5.42. The Bertz CT molecular complexity index is 254. The van der Waals surface area contributed by atoms with Crippen molar-refractivity contribution < 1.29 is 14.3 Å². The first-order valence-corrected chi connectivity index (χ1v) is 5.76. The minimum absolute atomic E-state index is 0.183. The number of ether oxygens (including phenoxy) is 1. The SMILES string of the molecule is CC(C)COCCCN1CCC(=O)NC1=O. The van der Waals surface area contributed by atoms with E-state index in [9.17, 15) is 9.59 Å². The molecule has 0 aromatic carbocycles. The molecule has 0 aromatic rings. The molecule has 1 heterocycles. The van der Waals surface area contributed by atoms with E-state index < -0.39 is 0 Å². The summed E-state index contributed by atoms with van der Waals surface area (Å²) in [5.74, 6) is 0.355. The third-order valence-electron chi connectivity index (χ3n) is 2.31. The Labute approximate surface area is 96.1 Å². The van der Waals surface area contributed by atoms with Crippen molar-refractivity contribution in [2.24, 2.45) is 5.92 Å². The summed E-state index contributed by atoms with van der Waals surface area (Å²) in [7, 11) is 0. The van der Waals surface area contributed by atoms with Crippen molar-refractivity contribution in [3.8, 4) is 0 Å². The molecule has 1 aliphatic rings. The van der Waals surface area contributed by atoms with E-state index >= 15 is 0 Å². The number of rotatable bonds is 6. The van der Waals surface area contributed by atoms with Gasteiger partial charge in [0.15, 0.2) is 0 Å². The van der Waals surface area contributed by atoms with Gasteiger partial charge in [0.05, 0.1) is 0 Å². The van der Waals surface area contributed by atoms with Crippen LogP contribution in [0.5, 0.6) is 0 Å². The van der Waals surface area contributed by atoms with E-state index in [1.807, 2.05) is 0 Å². The molecule has 5 heteroatoms. The van der Waals surface area contributed by atoms with Crippen molar-refractivity contribution in [1.82, 2.24) is 10.2 Å². The summed E-state index contributed by atoms with van der Waals surface area (Å²) in [5, 5.41) is 2.30. The molecule has 0 atom stereocenters. The number of amides is 3. The molecule has 0 bridgehead atoms. The molecule has 1 N–H and O–H groups in total. The number of nitrogens with one attached hydrogen (secondary N) is 1. The lowest BCUT2D eigenvalue weighted by Gasteiger charge is -2.26. The summed E-state index contributed by atoms with van der Waals surface area (Å²) in [6.45, 7) is 6.79. The fourth-order valence-electron chi connectivity index (χ4n) is 1.49. The zero-order chi connectivity index (χ0) is 12.0. The predicted octanol–water partition coefficient (Wildman–Crippen LogP) is 0.991. The monoisotopic (exact) mass is 228 g/mol. The number of nitrogens with zero attached hydrogens (tertiary/aromatic N) is 1. The van der Waals surface area contributed by atoms with Crippen LogP contribution in [0.15, 0.2) is 0 Å². The fourth-order valence-corrected chi connectivity index (χ4v) is 1.49. The summed E-state index contributed by atoms with van der Waals surface area (Å²) in [6.07, 6.45) is 1.22. The number of hydrogen-bond donors (Lipinski definition) is 1. The lowest BCUT2D eigenvalue weighted by Crippen LogP contribution is -2.49. The fraction of sp³-hybridized carbons (Fsp3) is 0.818. The van der Waals surface area contributed by atoms with Gasteiger partial charge in [0.2, 0.25) is 5.91 Å². The van der Waals surface area contributed by atoms with Crippen molar-refractivity contribution in [2.45, 2.75) is 26.7 Å². The molecule has 0 aromatic heterocycles. The lowest BCUT2D eigenvalue weighted by atomic mass is 10.2. The standard InChI is InChI=1S/C11H20N2O3/c1-9(2)8-16-7-3-5-13-6-4-10(14)12-11(13)15/h9H,3-8H2,1-2H3,(H,12,14,15). The Balaban J connectivity index is 2.09. The smallest absolute Gasteiger partial charge is 0.324 e. The van der Waals surface area contributed by atoms with Crippen molar-refractivity contribution in [3.63, 3.8) is 0 Å². The Morgan fingerprint density at radius 1 is 1.44 bits per heavy atom. The van der Waals surface area contributed by atoms with Gasteiger partial charge in [-0.1, -0.05) is 13.8 Å². The van der Waals surface area contributed by atoms with Crippen LogP contribution in [0.4, 0.5) is 4.79 Å². The van der Waals surface area contributed by atoms with Crippen LogP contribution in [0, 0.1) is 5.92 Å². The van der Waals surface area contributed by atoms with Gasteiger partial charge < -0.3 is 9.64 Å². The van der Waals surface area contributed by atoms with Gasteiger partial charge in [-0.25, -0.2) is 4.79 Å². The van der Waals surface area contributed by atoms with Crippen molar-refractivity contribution in [3.05, 3.63) is 0 Å². The van der Waals surface area contributed by atoms with Gasteiger partial charge in [0, 0.05) is 32.7 Å². The molecule has 0 radical (unpaired) electrons. The number of hydrogen-bond acceptors (Lipinski definition) is 3. The van der Waals surface area contributed by atoms with Crippen molar-refractivity contribution in [1.29, 1.82) is 0 Å². The van der Waals surface area contributed by atoms with Crippen LogP contribution in [0.25, 0.3) is 0 Å². The van der Waals surface area contributed by atoms with E-state index in [0.29, 0.717) is 32.0 Å². The highest BCUT2D eigenvalue weighted by Gasteiger charge is 2.21. The molecule has 1 rings (SSSR count). The molecule has 16 heavy (non-hydrogen) atoms. The average Bonchev–Trinajstić information content (AvgIpc) is 2.20. The Hall–Kier alpha value is -1.10. The van der Waals surface area contributed by atoms with Gasteiger partial charge in [0.25, 0.3) is 0 Å². The van der Waals surface area contributed by atoms with Crippen LogP contribution in [0.2, 0.25) is 0 Å². The summed E-state index contributed by atoms with van der Waals surface area (Å²) in [4.78, 5) is 23.9. The van der Waals surface area contributed by atoms with Crippen molar-refractivity contribution >= 4 is 11.9 Å². The molecule has 0 unspecified atom stereocenters. The van der Waals surface area contributed by atoms with E-state index in [4.69, 9.17) is 4.74 Å². The maximum absolute atomic E-state index is 11.3. The number of carbonyl (C=O) groups excluding carboxylic acids is 2. The molecule has 3 amide bonds. The van der Waals surface area contributed by atoms with E-state index in [1.54, 1.807) is 4.90 Å². The maximum atomic E-state index is 11.3. The summed E-state index contributed by atoms with van der Waals surface area (Å²) >= 11 is 0. The number of carbonyl (C=O) groups is 2. The zero-order valence-corrected chi connectivity index (χ0v) is 9.99. The second-order valence-electron chi connectivity index (χ2n) is 4.41. The first-order chi connectivity index (χ1) is 7.59. The second-order valence-corrected chi connectivity index (χ2v) is 4.41. The molecule has 0 spiro atoms. The van der Waals surface area contributed by atoms with Crippen LogP contribution in [0.1, 0.15) is 26.7 Å². The molecular formula is C11H20N2O3. The van der Waals surface area contributed by atoms with Gasteiger partial charge >= 0.3 is 6.03 Å². The molecule has 1 saturated heterocycles. The highest BCUT2D eigenvalue weighted by Crippen LogP contribution is 2.02. The number of urea groups is 1. The van der Waals surface area contributed by atoms with E-state index in [0.717, 1.165) is 13.0 Å². The van der Waals surface area contributed by atoms with E-state index in [2.05, 4.69) is 19.2 Å². The maximum Gasteiger partial charge on any atom is 0.324 e. The lowest BCUT2D eigenvalue weighted by molar-refractivity contribution is -0.121.